The third kappa shape index (κ3) is 5.89. The number of benzene rings is 9. The maximum absolute atomic E-state index is 6.56. The molecule has 65 heavy (non-hydrogen) atoms. The molecule has 13 rings (SSSR count). The predicted molar refractivity (Wildman–Crippen MR) is 266 cm³/mol. The van der Waals surface area contributed by atoms with Gasteiger partial charge >= 0.3 is 0 Å². The molecule has 9 aromatic carbocycles. The summed E-state index contributed by atoms with van der Waals surface area (Å²) in [5.74, 6) is 1.90. The summed E-state index contributed by atoms with van der Waals surface area (Å²) in [5, 5.41) is 4.60. The number of hydrogen-bond donors (Lipinski definition) is 0. The molecule has 1 aliphatic rings. The van der Waals surface area contributed by atoms with E-state index in [1.165, 1.54) is 44.1 Å². The van der Waals surface area contributed by atoms with Crippen molar-refractivity contribution in [1.29, 1.82) is 0 Å². The first kappa shape index (κ1) is 37.2. The van der Waals surface area contributed by atoms with Crippen molar-refractivity contribution in [3.63, 3.8) is 0 Å². The van der Waals surface area contributed by atoms with Gasteiger partial charge in [-0.05, 0) is 105 Å². The number of para-hydroxylation sites is 2. The minimum Gasteiger partial charge on any atom is -0.456 e. The topological polar surface area (TPSA) is 56.7 Å². The van der Waals surface area contributed by atoms with Crippen LogP contribution in [0.2, 0.25) is 0 Å². The second kappa shape index (κ2) is 14.3. The fourth-order valence-electron chi connectivity index (χ4n) is 10.3. The standard InChI is InChI=1S/C60H40N4O/c1-60(2)50-24-11-9-21-45(50)46-30-27-42(36-51(46)60)59-62-57(37-15-5-3-6-16-37)61-58(63-59)41-18-13-17-40(33-41)44-23-14-26-55-56(44)49-35-39(29-32-54(49)65-55)38-28-31-53-48(34-38)47-22-10-12-25-52(47)64(53)43-19-7-4-8-20-43/h3-36H,1-2H3. The fraction of sp³-hybridized carbons (Fsp3) is 0.0500. The van der Waals surface area contributed by atoms with E-state index in [2.05, 4.69) is 206 Å². The SMILES string of the molecule is CC1(C)c2ccccc2-c2ccc(-c3nc(-c4ccccc4)nc(-c4cccc(-c5cccc6oc7ccc(-c8ccc9c(c8)c8ccccc8n9-c8ccccc8)cc7c56)c4)n3)cc21. The fourth-order valence-corrected chi connectivity index (χ4v) is 10.3. The van der Waals surface area contributed by atoms with Gasteiger partial charge in [-0.2, -0.15) is 0 Å². The van der Waals surface area contributed by atoms with E-state index in [9.17, 15) is 0 Å². The zero-order valence-corrected chi connectivity index (χ0v) is 35.8. The molecule has 0 aliphatic heterocycles. The Kier molecular flexibility index (Phi) is 8.18. The zero-order chi connectivity index (χ0) is 43.2. The molecule has 1 aliphatic carbocycles. The Balaban J connectivity index is 0.925. The van der Waals surface area contributed by atoms with Crippen LogP contribution < -0.4 is 0 Å². The second-order valence-corrected chi connectivity index (χ2v) is 17.6. The molecule has 5 heteroatoms. The third-order valence-electron chi connectivity index (χ3n) is 13.5. The van der Waals surface area contributed by atoms with E-state index in [-0.39, 0.29) is 5.41 Å². The van der Waals surface area contributed by atoms with Crippen LogP contribution in [0.1, 0.15) is 25.0 Å². The van der Waals surface area contributed by atoms with Crippen LogP contribution in [-0.2, 0) is 5.41 Å². The Morgan fingerprint density at radius 1 is 0.369 bits per heavy atom. The molecule has 306 valence electrons. The lowest BCUT2D eigenvalue weighted by Crippen LogP contribution is -2.15. The maximum Gasteiger partial charge on any atom is 0.164 e. The largest absolute Gasteiger partial charge is 0.456 e. The number of hydrogen-bond acceptors (Lipinski definition) is 4. The molecule has 0 unspecified atom stereocenters. The number of furan rings is 1. The molecule has 0 radical (unpaired) electrons. The predicted octanol–water partition coefficient (Wildman–Crippen LogP) is 15.5. The highest BCUT2D eigenvalue weighted by Crippen LogP contribution is 2.49. The summed E-state index contributed by atoms with van der Waals surface area (Å²) < 4.78 is 8.92. The molecule has 0 spiro atoms. The van der Waals surface area contributed by atoms with E-state index in [0.29, 0.717) is 17.5 Å². The third-order valence-corrected chi connectivity index (χ3v) is 13.5. The number of aromatic nitrogens is 4. The van der Waals surface area contributed by atoms with Crippen LogP contribution in [0.5, 0.6) is 0 Å². The van der Waals surface area contributed by atoms with Crippen molar-refractivity contribution in [3.05, 3.63) is 217 Å². The average Bonchev–Trinajstić information content (AvgIpc) is 3.99. The number of nitrogens with zero attached hydrogens (tertiary/aromatic N) is 4. The second-order valence-electron chi connectivity index (χ2n) is 17.6. The molecule has 0 saturated carbocycles. The lowest BCUT2D eigenvalue weighted by atomic mass is 9.82. The van der Waals surface area contributed by atoms with E-state index < -0.39 is 0 Å². The van der Waals surface area contributed by atoms with Gasteiger partial charge in [0, 0.05) is 49.3 Å². The van der Waals surface area contributed by atoms with Crippen LogP contribution in [0.3, 0.4) is 0 Å². The first-order valence-corrected chi connectivity index (χ1v) is 22.2. The van der Waals surface area contributed by atoms with Gasteiger partial charge in [-0.15, -0.1) is 0 Å². The summed E-state index contributed by atoms with van der Waals surface area (Å²) in [6, 6.07) is 73.1. The van der Waals surface area contributed by atoms with Crippen molar-refractivity contribution in [2.75, 3.05) is 0 Å². The van der Waals surface area contributed by atoms with Crippen molar-refractivity contribution < 1.29 is 4.42 Å². The van der Waals surface area contributed by atoms with E-state index >= 15 is 0 Å². The zero-order valence-electron chi connectivity index (χ0n) is 35.8. The van der Waals surface area contributed by atoms with Crippen molar-refractivity contribution in [2.45, 2.75) is 19.3 Å². The van der Waals surface area contributed by atoms with Crippen LogP contribution in [0, 0.1) is 0 Å². The van der Waals surface area contributed by atoms with Gasteiger partial charge in [0.05, 0.1) is 11.0 Å². The van der Waals surface area contributed by atoms with E-state index in [1.54, 1.807) is 0 Å². The molecular weight excluding hydrogens is 793 g/mol. The van der Waals surface area contributed by atoms with Gasteiger partial charge in [-0.25, -0.2) is 15.0 Å². The van der Waals surface area contributed by atoms with Gasteiger partial charge < -0.3 is 8.98 Å². The molecule has 0 amide bonds. The summed E-state index contributed by atoms with van der Waals surface area (Å²) in [6.45, 7) is 4.61. The Bertz CT molecular complexity index is 3860. The van der Waals surface area contributed by atoms with Gasteiger partial charge in [-0.3, -0.25) is 0 Å². The lowest BCUT2D eigenvalue weighted by Gasteiger charge is -2.21. The maximum atomic E-state index is 6.56. The van der Waals surface area contributed by atoms with Crippen LogP contribution in [0.25, 0.3) is 117 Å². The highest BCUT2D eigenvalue weighted by Gasteiger charge is 2.35. The molecule has 12 aromatic rings. The Labute approximate surface area is 376 Å². The smallest absolute Gasteiger partial charge is 0.164 e. The minimum atomic E-state index is -0.148. The lowest BCUT2D eigenvalue weighted by molar-refractivity contribution is 0.660. The van der Waals surface area contributed by atoms with Gasteiger partial charge in [0.25, 0.3) is 0 Å². The van der Waals surface area contributed by atoms with Crippen molar-refractivity contribution >= 4 is 43.7 Å². The number of rotatable bonds is 6. The first-order chi connectivity index (χ1) is 32.0. The molecule has 0 fully saturated rings. The van der Waals surface area contributed by atoms with Crippen molar-refractivity contribution in [1.82, 2.24) is 19.5 Å². The summed E-state index contributed by atoms with van der Waals surface area (Å²) in [7, 11) is 0. The molecule has 0 atom stereocenters. The van der Waals surface area contributed by atoms with Crippen molar-refractivity contribution in [3.8, 4) is 73.2 Å². The summed E-state index contributed by atoms with van der Waals surface area (Å²) in [5.41, 5.74) is 17.5. The van der Waals surface area contributed by atoms with Gasteiger partial charge in [0.2, 0.25) is 0 Å². The van der Waals surface area contributed by atoms with Gasteiger partial charge in [0.1, 0.15) is 11.2 Å². The van der Waals surface area contributed by atoms with Crippen LogP contribution in [-0.4, -0.2) is 19.5 Å². The monoisotopic (exact) mass is 832 g/mol. The van der Waals surface area contributed by atoms with Gasteiger partial charge in [-0.1, -0.05) is 159 Å². The van der Waals surface area contributed by atoms with Crippen LogP contribution >= 0.6 is 0 Å². The first-order valence-electron chi connectivity index (χ1n) is 22.2. The van der Waals surface area contributed by atoms with Gasteiger partial charge in [0.15, 0.2) is 17.5 Å². The minimum absolute atomic E-state index is 0.148. The molecule has 3 heterocycles. The molecule has 0 saturated heterocycles. The molecule has 5 nitrogen and oxygen atoms in total. The quantitative estimate of drug-likeness (QED) is 0.167. The summed E-state index contributed by atoms with van der Waals surface area (Å²) in [4.78, 5) is 15.5. The average molecular weight is 833 g/mol. The number of fused-ring (bicyclic) bond motifs is 9. The Hall–Kier alpha value is -8.41. The highest BCUT2D eigenvalue weighted by molar-refractivity contribution is 6.14. The molecule has 3 aromatic heterocycles. The van der Waals surface area contributed by atoms with E-state index in [0.717, 1.165) is 66.6 Å². The van der Waals surface area contributed by atoms with Crippen LogP contribution in [0.4, 0.5) is 0 Å². The van der Waals surface area contributed by atoms with Crippen molar-refractivity contribution in [2.24, 2.45) is 0 Å². The molecule has 0 bridgehead atoms. The molecular formula is C60H40N4O. The van der Waals surface area contributed by atoms with E-state index in [4.69, 9.17) is 19.4 Å². The highest BCUT2D eigenvalue weighted by atomic mass is 16.3. The van der Waals surface area contributed by atoms with E-state index in [1.807, 2.05) is 18.2 Å². The summed E-state index contributed by atoms with van der Waals surface area (Å²) >= 11 is 0. The Morgan fingerprint density at radius 3 is 1.78 bits per heavy atom. The summed E-state index contributed by atoms with van der Waals surface area (Å²) in [6.07, 6.45) is 0. The van der Waals surface area contributed by atoms with Crippen LogP contribution in [0.15, 0.2) is 211 Å². The Morgan fingerprint density at radius 2 is 0.954 bits per heavy atom. The normalized spacial score (nSPS) is 12.9. The molecule has 0 N–H and O–H groups in total.